The van der Waals surface area contributed by atoms with Gasteiger partial charge in [0.2, 0.25) is 0 Å². The minimum Gasteiger partial charge on any atom is -0.478 e. The van der Waals surface area contributed by atoms with Gasteiger partial charge in [0.15, 0.2) is 0 Å². The quantitative estimate of drug-likeness (QED) is 0.656. The summed E-state index contributed by atoms with van der Waals surface area (Å²) < 4.78 is 0. The zero-order valence-electron chi connectivity index (χ0n) is 11.3. The summed E-state index contributed by atoms with van der Waals surface area (Å²) >= 11 is 11.9. The number of para-hydroxylation sites is 1. The number of aromatic amines is 1. The van der Waals surface area contributed by atoms with Crippen LogP contribution in [0.4, 0.5) is 0 Å². The molecule has 0 atom stereocenters. The smallest absolute Gasteiger partial charge is 0.336 e. The normalized spacial score (nSPS) is 11.8. The van der Waals surface area contributed by atoms with Gasteiger partial charge in [0, 0.05) is 22.7 Å². The first-order valence-electron chi connectivity index (χ1n) is 6.53. The molecule has 0 bridgehead atoms. The Balaban J connectivity index is 2.15. The summed E-state index contributed by atoms with van der Waals surface area (Å²) in [7, 11) is 0. The minimum absolute atomic E-state index is 0.191. The van der Waals surface area contributed by atoms with Crippen molar-refractivity contribution in [3.8, 4) is 0 Å². The molecular formula is C17H11Cl2NO2. The summed E-state index contributed by atoms with van der Waals surface area (Å²) in [6.07, 6.45) is 3.28. The van der Waals surface area contributed by atoms with E-state index < -0.39 is 5.97 Å². The van der Waals surface area contributed by atoms with Crippen molar-refractivity contribution in [1.82, 2.24) is 4.98 Å². The second kappa shape index (κ2) is 5.87. The number of aliphatic carboxylic acids is 1. The van der Waals surface area contributed by atoms with Crippen LogP contribution in [0, 0.1) is 0 Å². The number of nitrogens with one attached hydrogen (secondary N) is 1. The summed E-state index contributed by atoms with van der Waals surface area (Å²) in [6.45, 7) is 0. The molecule has 0 amide bonds. The fraction of sp³-hybridized carbons (Fsp3) is 0. The van der Waals surface area contributed by atoms with E-state index in [1.165, 1.54) is 0 Å². The van der Waals surface area contributed by atoms with Gasteiger partial charge in [-0.25, -0.2) is 4.79 Å². The lowest BCUT2D eigenvalue weighted by atomic mass is 10.0. The molecule has 0 spiro atoms. The van der Waals surface area contributed by atoms with Crippen LogP contribution < -0.4 is 0 Å². The van der Waals surface area contributed by atoms with E-state index in [2.05, 4.69) is 4.98 Å². The molecule has 0 saturated carbocycles. The summed E-state index contributed by atoms with van der Waals surface area (Å²) in [5, 5.41) is 11.2. The maximum atomic E-state index is 11.7. The van der Waals surface area contributed by atoms with E-state index >= 15 is 0 Å². The molecule has 22 heavy (non-hydrogen) atoms. The number of fused-ring (bicyclic) bond motifs is 1. The second-order valence-corrected chi connectivity index (χ2v) is 5.60. The Kier molecular flexibility index (Phi) is 3.92. The second-order valence-electron chi connectivity index (χ2n) is 4.78. The Morgan fingerprint density at radius 2 is 1.86 bits per heavy atom. The summed E-state index contributed by atoms with van der Waals surface area (Å²) in [5.41, 5.74) is 2.39. The van der Waals surface area contributed by atoms with Crippen molar-refractivity contribution >= 4 is 51.7 Å². The van der Waals surface area contributed by atoms with Crippen LogP contribution in [0.15, 0.2) is 48.7 Å². The van der Waals surface area contributed by atoms with Crippen LogP contribution in [0.25, 0.3) is 22.6 Å². The summed E-state index contributed by atoms with van der Waals surface area (Å²) in [5.74, 6) is -1.00. The van der Waals surface area contributed by atoms with Crippen LogP contribution in [0.3, 0.4) is 0 Å². The maximum absolute atomic E-state index is 11.7. The zero-order valence-corrected chi connectivity index (χ0v) is 12.8. The van der Waals surface area contributed by atoms with Crippen molar-refractivity contribution in [3.63, 3.8) is 0 Å². The monoisotopic (exact) mass is 331 g/mol. The predicted molar refractivity (Wildman–Crippen MR) is 90.3 cm³/mol. The molecule has 2 aromatic carbocycles. The number of hydrogen-bond acceptors (Lipinski definition) is 1. The SMILES string of the molecule is O=C(O)/C(=C\c1ccc(Cl)c(Cl)c1)c1c[nH]c2ccccc12. The average Bonchev–Trinajstić information content (AvgIpc) is 2.92. The molecule has 110 valence electrons. The van der Waals surface area contributed by atoms with Crippen LogP contribution in [-0.2, 0) is 4.79 Å². The van der Waals surface area contributed by atoms with Crippen LogP contribution in [0.5, 0.6) is 0 Å². The van der Waals surface area contributed by atoms with Crippen molar-refractivity contribution in [2.75, 3.05) is 0 Å². The highest BCUT2D eigenvalue weighted by atomic mass is 35.5. The first-order chi connectivity index (χ1) is 10.6. The van der Waals surface area contributed by atoms with Crippen molar-refractivity contribution in [3.05, 3.63) is 69.8 Å². The maximum Gasteiger partial charge on any atom is 0.336 e. The molecule has 1 aromatic heterocycles. The first kappa shape index (κ1) is 14.7. The molecule has 3 nitrogen and oxygen atoms in total. The van der Waals surface area contributed by atoms with Crippen LogP contribution in [0.2, 0.25) is 10.0 Å². The van der Waals surface area contributed by atoms with Gasteiger partial charge >= 0.3 is 5.97 Å². The Morgan fingerprint density at radius 1 is 1.09 bits per heavy atom. The van der Waals surface area contributed by atoms with Gasteiger partial charge in [0.1, 0.15) is 0 Å². The van der Waals surface area contributed by atoms with Crippen molar-refractivity contribution in [2.45, 2.75) is 0 Å². The zero-order chi connectivity index (χ0) is 15.7. The van der Waals surface area contributed by atoms with E-state index in [0.29, 0.717) is 21.2 Å². The van der Waals surface area contributed by atoms with Gasteiger partial charge < -0.3 is 10.1 Å². The number of hydrogen-bond donors (Lipinski definition) is 2. The van der Waals surface area contributed by atoms with Gasteiger partial charge in [0.25, 0.3) is 0 Å². The summed E-state index contributed by atoms with van der Waals surface area (Å²) in [4.78, 5) is 14.7. The van der Waals surface area contributed by atoms with E-state index in [-0.39, 0.29) is 5.57 Å². The van der Waals surface area contributed by atoms with Gasteiger partial charge in [-0.15, -0.1) is 0 Å². The Bertz CT molecular complexity index is 897. The van der Waals surface area contributed by atoms with Gasteiger partial charge in [0.05, 0.1) is 15.6 Å². The van der Waals surface area contributed by atoms with Crippen LogP contribution in [0.1, 0.15) is 11.1 Å². The Labute approximate surface area is 136 Å². The molecule has 0 radical (unpaired) electrons. The Hall–Kier alpha value is -2.23. The van der Waals surface area contributed by atoms with Gasteiger partial charge in [-0.1, -0.05) is 47.5 Å². The molecule has 3 rings (SSSR count). The first-order valence-corrected chi connectivity index (χ1v) is 7.28. The molecule has 5 heteroatoms. The number of benzene rings is 2. The fourth-order valence-corrected chi connectivity index (χ4v) is 2.62. The molecule has 2 N–H and O–H groups in total. The third kappa shape index (κ3) is 2.73. The number of carboxylic acids is 1. The van der Waals surface area contributed by atoms with Crippen molar-refractivity contribution < 1.29 is 9.90 Å². The van der Waals surface area contributed by atoms with Gasteiger partial charge in [-0.2, -0.15) is 0 Å². The number of halogens is 2. The van der Waals surface area contributed by atoms with Crippen molar-refractivity contribution in [1.29, 1.82) is 0 Å². The van der Waals surface area contributed by atoms with E-state index in [9.17, 15) is 9.90 Å². The third-order valence-electron chi connectivity index (χ3n) is 3.36. The molecule has 0 fully saturated rings. The Morgan fingerprint density at radius 3 is 2.59 bits per heavy atom. The standard InChI is InChI=1S/C17H11Cl2NO2/c18-14-6-5-10(8-15(14)19)7-12(17(21)22)13-9-20-16-4-2-1-3-11(13)16/h1-9,20H,(H,21,22)/b12-7-. The minimum atomic E-state index is -1.00. The van der Waals surface area contributed by atoms with E-state index in [0.717, 1.165) is 10.9 Å². The van der Waals surface area contributed by atoms with Crippen molar-refractivity contribution in [2.24, 2.45) is 0 Å². The topological polar surface area (TPSA) is 53.1 Å². The highest BCUT2D eigenvalue weighted by Crippen LogP contribution is 2.29. The molecular weight excluding hydrogens is 321 g/mol. The lowest BCUT2D eigenvalue weighted by Crippen LogP contribution is -1.99. The number of carboxylic acid groups (broad SMARTS) is 1. The molecule has 0 aliphatic rings. The van der Waals surface area contributed by atoms with Gasteiger partial charge in [-0.05, 0) is 29.8 Å². The number of rotatable bonds is 3. The predicted octanol–water partition coefficient (Wildman–Crippen LogP) is 5.10. The lowest BCUT2D eigenvalue weighted by Gasteiger charge is -2.03. The lowest BCUT2D eigenvalue weighted by molar-refractivity contribution is -0.130. The highest BCUT2D eigenvalue weighted by Gasteiger charge is 2.15. The largest absolute Gasteiger partial charge is 0.478 e. The third-order valence-corrected chi connectivity index (χ3v) is 4.10. The molecule has 0 aliphatic heterocycles. The number of carbonyl (C=O) groups is 1. The van der Waals surface area contributed by atoms with E-state index in [4.69, 9.17) is 23.2 Å². The molecule has 0 saturated heterocycles. The molecule has 0 aliphatic carbocycles. The number of H-pyrrole nitrogens is 1. The fourth-order valence-electron chi connectivity index (χ4n) is 2.32. The van der Waals surface area contributed by atoms with Crippen LogP contribution in [-0.4, -0.2) is 16.1 Å². The highest BCUT2D eigenvalue weighted by molar-refractivity contribution is 6.42. The molecule has 3 aromatic rings. The average molecular weight is 332 g/mol. The molecule has 0 unspecified atom stereocenters. The molecule has 1 heterocycles. The van der Waals surface area contributed by atoms with Gasteiger partial charge in [-0.3, -0.25) is 0 Å². The summed E-state index contributed by atoms with van der Waals surface area (Å²) in [6, 6.07) is 12.6. The van der Waals surface area contributed by atoms with Crippen LogP contribution >= 0.6 is 23.2 Å². The van der Waals surface area contributed by atoms with E-state index in [1.54, 1.807) is 30.5 Å². The number of aromatic nitrogens is 1. The van der Waals surface area contributed by atoms with E-state index in [1.807, 2.05) is 24.3 Å².